The fourth-order valence-corrected chi connectivity index (χ4v) is 5.67. The van der Waals surface area contributed by atoms with Gasteiger partial charge in [-0.05, 0) is 63.6 Å². The number of aliphatic hydroxyl groups is 1. The number of likely N-dealkylation sites (tertiary alicyclic amines) is 2. The molecule has 2 heterocycles. The lowest BCUT2D eigenvalue weighted by Gasteiger charge is -2.46. The lowest BCUT2D eigenvalue weighted by atomic mass is 9.80. The highest BCUT2D eigenvalue weighted by Gasteiger charge is 2.50. The molecule has 2 aliphatic heterocycles. The first-order valence-electron chi connectivity index (χ1n) is 11.3. The van der Waals surface area contributed by atoms with E-state index in [-0.39, 0.29) is 41.7 Å². The molecule has 4 rings (SSSR count). The Kier molecular flexibility index (Phi) is 6.24. The minimum atomic E-state index is -4.53. The predicted octanol–water partition coefficient (Wildman–Crippen LogP) is 2.80. The van der Waals surface area contributed by atoms with E-state index < -0.39 is 17.6 Å². The van der Waals surface area contributed by atoms with Crippen molar-refractivity contribution >= 4 is 11.8 Å². The van der Waals surface area contributed by atoms with Gasteiger partial charge < -0.3 is 15.3 Å². The molecule has 0 aromatic heterocycles. The summed E-state index contributed by atoms with van der Waals surface area (Å²) in [5, 5.41) is 12.3. The maximum absolute atomic E-state index is 12.9. The molecule has 0 bridgehead atoms. The summed E-state index contributed by atoms with van der Waals surface area (Å²) in [5.41, 5.74) is -0.977. The van der Waals surface area contributed by atoms with Crippen LogP contribution in [0.5, 0.6) is 0 Å². The molecule has 2 atom stereocenters. The van der Waals surface area contributed by atoms with E-state index in [2.05, 4.69) is 17.1 Å². The van der Waals surface area contributed by atoms with Gasteiger partial charge in [0.25, 0.3) is 5.91 Å². The van der Waals surface area contributed by atoms with Crippen molar-refractivity contribution in [3.05, 3.63) is 35.4 Å². The fourth-order valence-electron chi connectivity index (χ4n) is 5.67. The number of hydrogen-bond acceptors (Lipinski definition) is 4. The number of fused-ring (bicyclic) bond motifs is 1. The molecule has 3 aliphatic rings. The molecule has 1 saturated carbocycles. The Bertz CT molecular complexity index is 868. The molecule has 2 amide bonds. The van der Waals surface area contributed by atoms with E-state index in [1.165, 1.54) is 12.1 Å². The van der Waals surface area contributed by atoms with Crippen molar-refractivity contribution < 1.29 is 27.9 Å². The van der Waals surface area contributed by atoms with Crippen LogP contribution >= 0.6 is 0 Å². The number of carbonyl (C=O) groups is 2. The van der Waals surface area contributed by atoms with E-state index in [9.17, 15) is 27.9 Å². The van der Waals surface area contributed by atoms with Crippen LogP contribution in [0.3, 0.4) is 0 Å². The van der Waals surface area contributed by atoms with Crippen molar-refractivity contribution in [3.8, 4) is 0 Å². The molecule has 2 N–H and O–H groups in total. The molecule has 176 valence electrons. The first-order chi connectivity index (χ1) is 15.1. The van der Waals surface area contributed by atoms with Crippen LogP contribution in [-0.2, 0) is 11.0 Å². The van der Waals surface area contributed by atoms with Crippen LogP contribution in [0.25, 0.3) is 0 Å². The van der Waals surface area contributed by atoms with E-state index in [0.29, 0.717) is 6.54 Å². The molecule has 2 saturated heterocycles. The number of alkyl halides is 3. The molecule has 9 heteroatoms. The average Bonchev–Trinajstić information content (AvgIpc) is 3.36. The Morgan fingerprint density at radius 3 is 2.50 bits per heavy atom. The van der Waals surface area contributed by atoms with Crippen molar-refractivity contribution in [1.29, 1.82) is 0 Å². The summed E-state index contributed by atoms with van der Waals surface area (Å²) in [6, 6.07) is 4.56. The third-order valence-corrected chi connectivity index (χ3v) is 7.47. The number of aliphatic hydroxyl groups excluding tert-OH is 1. The van der Waals surface area contributed by atoms with Gasteiger partial charge in [0.1, 0.15) is 0 Å². The third kappa shape index (κ3) is 4.50. The summed E-state index contributed by atoms with van der Waals surface area (Å²) in [4.78, 5) is 29.5. The Morgan fingerprint density at radius 1 is 1.12 bits per heavy atom. The molecule has 32 heavy (non-hydrogen) atoms. The van der Waals surface area contributed by atoms with Crippen LogP contribution in [0.1, 0.15) is 61.4 Å². The van der Waals surface area contributed by atoms with Crippen molar-refractivity contribution in [2.45, 2.75) is 75.4 Å². The third-order valence-electron chi connectivity index (χ3n) is 7.47. The zero-order valence-electron chi connectivity index (χ0n) is 18.2. The average molecular weight is 454 g/mol. The van der Waals surface area contributed by atoms with Gasteiger partial charge in [-0.15, -0.1) is 0 Å². The highest BCUT2D eigenvalue weighted by atomic mass is 19.4. The van der Waals surface area contributed by atoms with Crippen LogP contribution < -0.4 is 5.32 Å². The van der Waals surface area contributed by atoms with Crippen LogP contribution in [0.2, 0.25) is 0 Å². The molecule has 1 aromatic carbocycles. The highest BCUT2D eigenvalue weighted by Crippen LogP contribution is 2.42. The number of nitrogens with one attached hydrogen (secondary N) is 1. The maximum Gasteiger partial charge on any atom is 0.416 e. The van der Waals surface area contributed by atoms with Crippen LogP contribution in [0.15, 0.2) is 24.3 Å². The summed E-state index contributed by atoms with van der Waals surface area (Å²) in [5.74, 6) is -0.898. The summed E-state index contributed by atoms with van der Waals surface area (Å²) in [6.07, 6.45) is 0.480. The Balaban J connectivity index is 1.34. The van der Waals surface area contributed by atoms with E-state index in [1.807, 2.05) is 4.90 Å². The number of hydrogen-bond donors (Lipinski definition) is 2. The quantitative estimate of drug-likeness (QED) is 0.736. The number of benzene rings is 1. The lowest BCUT2D eigenvalue weighted by Crippen LogP contribution is -2.53. The Labute approximate surface area is 185 Å². The number of nitrogens with zero attached hydrogens (tertiary/aromatic N) is 2. The second-order valence-corrected chi connectivity index (χ2v) is 9.48. The van der Waals surface area contributed by atoms with Crippen LogP contribution in [-0.4, -0.2) is 70.1 Å². The number of amides is 2. The molecular formula is C23H30F3N3O3. The second-order valence-electron chi connectivity index (χ2n) is 9.48. The van der Waals surface area contributed by atoms with Gasteiger partial charge in [-0.3, -0.25) is 14.5 Å². The predicted molar refractivity (Wildman–Crippen MR) is 112 cm³/mol. The molecular weight excluding hydrogens is 423 g/mol. The lowest BCUT2D eigenvalue weighted by molar-refractivity contribution is -0.137. The van der Waals surface area contributed by atoms with Crippen molar-refractivity contribution in [2.24, 2.45) is 0 Å². The Morgan fingerprint density at radius 2 is 1.81 bits per heavy atom. The molecule has 2 unspecified atom stereocenters. The zero-order chi connectivity index (χ0) is 23.1. The maximum atomic E-state index is 12.9. The van der Waals surface area contributed by atoms with Gasteiger partial charge >= 0.3 is 6.18 Å². The molecule has 3 fully saturated rings. The molecule has 1 aromatic rings. The van der Waals surface area contributed by atoms with Gasteiger partial charge in [0.2, 0.25) is 5.91 Å². The van der Waals surface area contributed by atoms with Gasteiger partial charge in [0, 0.05) is 36.3 Å². The minimum absolute atomic E-state index is 0.0371. The summed E-state index contributed by atoms with van der Waals surface area (Å²) in [6.45, 7) is 3.54. The highest BCUT2D eigenvalue weighted by molar-refractivity contribution is 5.96. The van der Waals surface area contributed by atoms with Gasteiger partial charge in [-0.25, -0.2) is 0 Å². The molecule has 1 aliphatic carbocycles. The monoisotopic (exact) mass is 453 g/mol. The van der Waals surface area contributed by atoms with Gasteiger partial charge in [-0.1, -0.05) is 6.07 Å². The van der Waals surface area contributed by atoms with Gasteiger partial charge in [-0.2, -0.15) is 13.2 Å². The van der Waals surface area contributed by atoms with E-state index in [4.69, 9.17) is 0 Å². The van der Waals surface area contributed by atoms with Gasteiger partial charge in [0.15, 0.2) is 0 Å². The number of halogens is 3. The van der Waals surface area contributed by atoms with Crippen molar-refractivity contribution in [1.82, 2.24) is 15.1 Å². The number of carbonyl (C=O) groups excluding carboxylic acids is 2. The van der Waals surface area contributed by atoms with Crippen LogP contribution in [0.4, 0.5) is 13.2 Å². The van der Waals surface area contributed by atoms with Gasteiger partial charge in [0.05, 0.1) is 18.2 Å². The van der Waals surface area contributed by atoms with E-state index in [0.717, 1.165) is 57.2 Å². The first-order valence-corrected chi connectivity index (χ1v) is 11.3. The SMILES string of the molecule is CC1(N2CCC3C2CCN3C(=O)CNC(=O)c2cccc(C(F)(F)F)c2)CCC(O)CC1. The van der Waals surface area contributed by atoms with Crippen LogP contribution in [0, 0.1) is 0 Å². The largest absolute Gasteiger partial charge is 0.416 e. The van der Waals surface area contributed by atoms with Crippen molar-refractivity contribution in [2.75, 3.05) is 19.6 Å². The van der Waals surface area contributed by atoms with Crippen molar-refractivity contribution in [3.63, 3.8) is 0 Å². The number of rotatable bonds is 4. The molecule has 0 spiro atoms. The smallest absolute Gasteiger partial charge is 0.393 e. The zero-order valence-corrected chi connectivity index (χ0v) is 18.2. The normalized spacial score (nSPS) is 30.9. The van der Waals surface area contributed by atoms with E-state index in [1.54, 1.807) is 0 Å². The second kappa shape index (κ2) is 8.67. The molecule has 0 radical (unpaired) electrons. The minimum Gasteiger partial charge on any atom is -0.393 e. The summed E-state index contributed by atoms with van der Waals surface area (Å²) < 4.78 is 38.6. The summed E-state index contributed by atoms with van der Waals surface area (Å²) in [7, 11) is 0. The Hall–Kier alpha value is -2.13. The fraction of sp³-hybridized carbons (Fsp3) is 0.652. The molecule has 6 nitrogen and oxygen atoms in total. The standard InChI is InChI=1S/C23H30F3N3O3/c1-22(9-5-17(30)6-10-22)29-12-8-18-19(29)7-11-28(18)20(31)14-27-21(32)15-3-2-4-16(13-15)23(24,25)26/h2-4,13,17-19,30H,5-12,14H2,1H3,(H,27,32). The first kappa shape index (κ1) is 23.0. The topological polar surface area (TPSA) is 72.9 Å². The van der Waals surface area contributed by atoms with E-state index >= 15 is 0 Å². The summed E-state index contributed by atoms with van der Waals surface area (Å²) >= 11 is 0.